The summed E-state index contributed by atoms with van der Waals surface area (Å²) >= 11 is 4.89. The van der Waals surface area contributed by atoms with Gasteiger partial charge in [-0.25, -0.2) is 0 Å². The van der Waals surface area contributed by atoms with Crippen LogP contribution in [0.5, 0.6) is 0 Å². The lowest BCUT2D eigenvalue weighted by Gasteiger charge is -2.24. The van der Waals surface area contributed by atoms with Crippen molar-refractivity contribution >= 4 is 17.2 Å². The van der Waals surface area contributed by atoms with Gasteiger partial charge in [0.15, 0.2) is 0 Å². The van der Waals surface area contributed by atoms with E-state index in [0.29, 0.717) is 5.92 Å². The highest BCUT2D eigenvalue weighted by molar-refractivity contribution is 7.78. The zero-order chi connectivity index (χ0) is 13.7. The molecular weight excluding hydrogens is 252 g/mol. The number of nitrogens with zero attached hydrogens (tertiary/aromatic N) is 1. The van der Waals surface area contributed by atoms with Gasteiger partial charge in [0.2, 0.25) is 0 Å². The summed E-state index contributed by atoms with van der Waals surface area (Å²) in [6.45, 7) is 2.04. The molecule has 1 atom stereocenters. The minimum atomic E-state index is 0.700. The van der Waals surface area contributed by atoms with Gasteiger partial charge in [0.25, 0.3) is 0 Å². The van der Waals surface area contributed by atoms with Crippen LogP contribution >= 0.6 is 12.2 Å². The summed E-state index contributed by atoms with van der Waals surface area (Å²) in [6.07, 6.45) is 3.41. The van der Waals surface area contributed by atoms with Crippen LogP contribution in [0.4, 0.5) is 0 Å². The van der Waals surface area contributed by atoms with E-state index in [1.165, 1.54) is 17.5 Å². The molecule has 0 amide bonds. The molecule has 2 rings (SSSR count). The molecule has 3 heteroatoms. The quantitative estimate of drug-likeness (QED) is 0.850. The molecule has 1 fully saturated rings. The van der Waals surface area contributed by atoms with Crippen LogP contribution in [0.1, 0.15) is 24.0 Å². The average Bonchev–Trinajstić information content (AvgIpc) is 2.41. The first-order valence-electron chi connectivity index (χ1n) is 6.88. The molecule has 102 valence electrons. The standard InChI is InChI=1S/C16H22N2S/c1-18(2)11-14-5-3-13(4-6-14)9-15-7-8-17-16(10-15)12-19/h3-6,15,17H,7-11H2,1-2H3. The zero-order valence-corrected chi connectivity index (χ0v) is 12.6. The summed E-state index contributed by atoms with van der Waals surface area (Å²) in [7, 11) is 4.20. The summed E-state index contributed by atoms with van der Waals surface area (Å²) in [5.41, 5.74) is 3.91. The summed E-state index contributed by atoms with van der Waals surface area (Å²) in [5.74, 6) is 0.700. The molecule has 0 radical (unpaired) electrons. The fourth-order valence-electron chi connectivity index (χ4n) is 2.62. The number of allylic oxidation sites excluding steroid dienone is 1. The fourth-order valence-corrected chi connectivity index (χ4v) is 2.78. The number of benzene rings is 1. The van der Waals surface area contributed by atoms with Crippen molar-refractivity contribution in [2.45, 2.75) is 25.8 Å². The molecule has 0 saturated carbocycles. The van der Waals surface area contributed by atoms with Gasteiger partial charge in [-0.1, -0.05) is 24.3 Å². The first kappa shape index (κ1) is 14.3. The van der Waals surface area contributed by atoms with Crippen LogP contribution in [0.25, 0.3) is 0 Å². The SMILES string of the molecule is CN(C)Cc1ccc(CC2CCNC(=C=S)C2)cc1. The number of hydrogen-bond acceptors (Lipinski definition) is 3. The zero-order valence-electron chi connectivity index (χ0n) is 11.8. The predicted molar refractivity (Wildman–Crippen MR) is 84.4 cm³/mol. The van der Waals surface area contributed by atoms with Crippen LogP contribution in [0.2, 0.25) is 0 Å². The molecule has 1 saturated heterocycles. The Balaban J connectivity index is 1.93. The molecule has 19 heavy (non-hydrogen) atoms. The molecular formula is C16H22N2S. The largest absolute Gasteiger partial charge is 0.381 e. The van der Waals surface area contributed by atoms with Crippen molar-refractivity contribution in [3.05, 3.63) is 41.1 Å². The molecule has 0 aromatic heterocycles. The van der Waals surface area contributed by atoms with Crippen molar-refractivity contribution in [2.24, 2.45) is 5.92 Å². The monoisotopic (exact) mass is 274 g/mol. The third kappa shape index (κ3) is 4.46. The average molecular weight is 274 g/mol. The Labute approximate surface area is 121 Å². The van der Waals surface area contributed by atoms with E-state index < -0.39 is 0 Å². The van der Waals surface area contributed by atoms with E-state index >= 15 is 0 Å². The van der Waals surface area contributed by atoms with Crippen LogP contribution in [-0.4, -0.2) is 30.6 Å². The number of hydrogen-bond donors (Lipinski definition) is 1. The molecule has 1 aliphatic heterocycles. The third-order valence-electron chi connectivity index (χ3n) is 3.55. The Morgan fingerprint density at radius 3 is 2.58 bits per heavy atom. The Hall–Kier alpha value is -1.15. The number of nitrogens with one attached hydrogen (secondary N) is 1. The minimum Gasteiger partial charge on any atom is -0.381 e. The van der Waals surface area contributed by atoms with Gasteiger partial charge in [0, 0.05) is 13.1 Å². The molecule has 1 heterocycles. The Kier molecular flexibility index (Phi) is 5.15. The van der Waals surface area contributed by atoms with Gasteiger partial charge in [-0.3, -0.25) is 0 Å². The van der Waals surface area contributed by atoms with E-state index in [0.717, 1.165) is 31.6 Å². The summed E-state index contributed by atoms with van der Waals surface area (Å²) in [6, 6.07) is 9.02. The van der Waals surface area contributed by atoms with Gasteiger partial charge in [-0.2, -0.15) is 0 Å². The van der Waals surface area contributed by atoms with Crippen molar-refractivity contribution in [1.82, 2.24) is 10.2 Å². The summed E-state index contributed by atoms with van der Waals surface area (Å²) in [5, 5.41) is 6.14. The lowest BCUT2D eigenvalue weighted by molar-refractivity contribution is 0.402. The van der Waals surface area contributed by atoms with Crippen molar-refractivity contribution in [2.75, 3.05) is 20.6 Å². The maximum absolute atomic E-state index is 4.89. The number of rotatable bonds is 4. The van der Waals surface area contributed by atoms with Crippen molar-refractivity contribution in [3.8, 4) is 0 Å². The predicted octanol–water partition coefficient (Wildman–Crippen LogP) is 2.77. The van der Waals surface area contributed by atoms with Crippen LogP contribution < -0.4 is 5.32 Å². The van der Waals surface area contributed by atoms with E-state index in [2.05, 4.69) is 53.6 Å². The Morgan fingerprint density at radius 1 is 1.26 bits per heavy atom. The van der Waals surface area contributed by atoms with Crippen LogP contribution in [0.15, 0.2) is 30.0 Å². The summed E-state index contributed by atoms with van der Waals surface area (Å²) < 4.78 is 0. The summed E-state index contributed by atoms with van der Waals surface area (Å²) in [4.78, 5) is 2.19. The van der Waals surface area contributed by atoms with Gasteiger partial charge < -0.3 is 10.2 Å². The first-order chi connectivity index (χ1) is 9.17. The van der Waals surface area contributed by atoms with E-state index in [-0.39, 0.29) is 0 Å². The normalized spacial score (nSPS) is 19.1. The second-order valence-corrected chi connectivity index (χ2v) is 5.83. The van der Waals surface area contributed by atoms with Gasteiger partial charge in [-0.05, 0) is 67.6 Å². The van der Waals surface area contributed by atoms with E-state index in [4.69, 9.17) is 12.2 Å². The Morgan fingerprint density at radius 2 is 1.95 bits per heavy atom. The van der Waals surface area contributed by atoms with Crippen LogP contribution in [-0.2, 0) is 13.0 Å². The molecule has 1 aromatic carbocycles. The molecule has 1 aliphatic rings. The molecule has 1 unspecified atom stereocenters. The molecule has 1 N–H and O–H groups in total. The lowest BCUT2D eigenvalue weighted by atomic mass is 9.89. The van der Waals surface area contributed by atoms with E-state index in [9.17, 15) is 0 Å². The van der Waals surface area contributed by atoms with Gasteiger partial charge in [-0.15, -0.1) is 0 Å². The van der Waals surface area contributed by atoms with Crippen LogP contribution in [0, 0.1) is 5.92 Å². The van der Waals surface area contributed by atoms with Crippen LogP contribution in [0.3, 0.4) is 0 Å². The highest BCUT2D eigenvalue weighted by atomic mass is 32.1. The van der Waals surface area contributed by atoms with E-state index in [1.54, 1.807) is 0 Å². The fraction of sp³-hybridized carbons (Fsp3) is 0.500. The number of piperidine rings is 1. The maximum atomic E-state index is 4.89. The van der Waals surface area contributed by atoms with Gasteiger partial charge in [0.05, 0.1) is 5.70 Å². The Bertz CT molecular complexity index is 458. The third-order valence-corrected chi connectivity index (χ3v) is 3.80. The highest BCUT2D eigenvalue weighted by Crippen LogP contribution is 2.22. The first-order valence-corrected chi connectivity index (χ1v) is 7.28. The highest BCUT2D eigenvalue weighted by Gasteiger charge is 2.16. The lowest BCUT2D eigenvalue weighted by Crippen LogP contribution is -2.27. The topological polar surface area (TPSA) is 15.3 Å². The smallest absolute Gasteiger partial charge is 0.0656 e. The number of thiocarbonyl (C=S) groups is 1. The van der Waals surface area contributed by atoms with Crippen molar-refractivity contribution < 1.29 is 0 Å². The molecule has 1 aromatic rings. The second-order valence-electron chi connectivity index (χ2n) is 5.62. The van der Waals surface area contributed by atoms with Crippen molar-refractivity contribution in [3.63, 3.8) is 0 Å². The van der Waals surface area contributed by atoms with Crippen molar-refractivity contribution in [1.29, 1.82) is 0 Å². The van der Waals surface area contributed by atoms with Gasteiger partial charge in [0.1, 0.15) is 0 Å². The molecule has 0 aliphatic carbocycles. The minimum absolute atomic E-state index is 0.700. The second kappa shape index (κ2) is 6.85. The molecule has 0 bridgehead atoms. The van der Waals surface area contributed by atoms with E-state index in [1.807, 2.05) is 0 Å². The van der Waals surface area contributed by atoms with Gasteiger partial charge >= 0.3 is 0 Å². The maximum Gasteiger partial charge on any atom is 0.0656 e. The molecule has 0 spiro atoms. The molecule has 2 nitrogen and oxygen atoms in total.